The molecule has 0 aromatic carbocycles. The van der Waals surface area contributed by atoms with Crippen molar-refractivity contribution in [3.05, 3.63) is 182 Å². The number of rotatable bonds is 48. The summed E-state index contributed by atoms with van der Waals surface area (Å²) in [7, 11) is 5.91. The molecule has 0 aromatic rings. The van der Waals surface area contributed by atoms with Crippen molar-refractivity contribution in [3.8, 4) is 0 Å². The molecule has 0 saturated heterocycles. The number of hydrogen-bond acceptors (Lipinski definition) is 7. The van der Waals surface area contributed by atoms with Gasteiger partial charge in [-0.25, -0.2) is 4.79 Å². The van der Waals surface area contributed by atoms with E-state index >= 15 is 0 Å². The summed E-state index contributed by atoms with van der Waals surface area (Å²) in [5.74, 6) is -2.18. The molecule has 0 radical (unpaired) electrons. The standard InChI is InChI=1S/C66H99NO8/c1-6-8-10-12-14-16-18-20-22-24-25-26-27-28-29-30-31-32-33-34-35-36-37-38-39-41-43-45-47-49-51-53-55-57-64(69)75-62(61-74-66(65(70)71)72-59-58-67(3,4)5)60-73-63(68)56-54-52-50-48-46-44-42-40-23-21-19-17-15-13-11-9-7-2/h8-11,14-17,20-23,25-26,28-29,31-32,34-35,37-38,41-44,47-50,62,66H,6-7,12-13,18-19,24,27,30,33,36,39-40,45-46,51-61H2,1-5H3/p+1/b10-8-,11-9-,16-14-,17-15-,22-20-,23-21-,26-25-,29-28-,32-31-,35-34-,38-37-,43-41-,44-42-,49-47-,50-48-. The Morgan fingerprint density at radius 2 is 0.720 bits per heavy atom. The van der Waals surface area contributed by atoms with E-state index in [9.17, 15) is 19.5 Å². The van der Waals surface area contributed by atoms with Crippen LogP contribution in [0.5, 0.6) is 0 Å². The number of quaternary nitrogens is 1. The van der Waals surface area contributed by atoms with Gasteiger partial charge in [-0.2, -0.15) is 0 Å². The van der Waals surface area contributed by atoms with Crippen LogP contribution >= 0.6 is 0 Å². The second-order valence-electron chi connectivity index (χ2n) is 18.8. The molecule has 0 aromatic heterocycles. The number of likely N-dealkylation sites (N-methyl/N-ethyl adjacent to an activating group) is 1. The van der Waals surface area contributed by atoms with Gasteiger partial charge in [-0.3, -0.25) is 9.59 Å². The fourth-order valence-electron chi connectivity index (χ4n) is 6.43. The number of carboxylic acid groups (broad SMARTS) is 1. The Hall–Kier alpha value is -5.61. The smallest absolute Gasteiger partial charge is 0.361 e. The van der Waals surface area contributed by atoms with Gasteiger partial charge in [0.2, 0.25) is 0 Å². The molecule has 0 aliphatic carbocycles. The van der Waals surface area contributed by atoms with Crippen LogP contribution in [0.25, 0.3) is 0 Å². The van der Waals surface area contributed by atoms with Gasteiger partial charge in [-0.15, -0.1) is 0 Å². The van der Waals surface area contributed by atoms with Crippen molar-refractivity contribution in [1.82, 2.24) is 0 Å². The summed E-state index contributed by atoms with van der Waals surface area (Å²) < 4.78 is 22.7. The van der Waals surface area contributed by atoms with Crippen molar-refractivity contribution in [1.29, 1.82) is 0 Å². The number of ether oxygens (including phenoxy) is 4. The third-order valence-corrected chi connectivity index (χ3v) is 10.7. The van der Waals surface area contributed by atoms with Gasteiger partial charge in [0.05, 0.1) is 34.4 Å². The fourth-order valence-corrected chi connectivity index (χ4v) is 6.43. The zero-order valence-corrected chi connectivity index (χ0v) is 47.1. The lowest BCUT2D eigenvalue weighted by Gasteiger charge is -2.25. The van der Waals surface area contributed by atoms with Crippen molar-refractivity contribution in [2.24, 2.45) is 0 Å². The van der Waals surface area contributed by atoms with Crippen molar-refractivity contribution in [3.63, 3.8) is 0 Å². The van der Waals surface area contributed by atoms with Gasteiger partial charge in [0.15, 0.2) is 6.10 Å². The lowest BCUT2D eigenvalue weighted by Crippen LogP contribution is -2.40. The second-order valence-corrected chi connectivity index (χ2v) is 18.8. The van der Waals surface area contributed by atoms with Crippen LogP contribution < -0.4 is 0 Å². The molecule has 0 spiro atoms. The highest BCUT2D eigenvalue weighted by Gasteiger charge is 2.25. The third kappa shape index (κ3) is 56.0. The highest BCUT2D eigenvalue weighted by Crippen LogP contribution is 2.10. The van der Waals surface area contributed by atoms with E-state index in [-0.39, 0.29) is 32.7 Å². The van der Waals surface area contributed by atoms with Gasteiger partial charge in [0.1, 0.15) is 13.2 Å². The van der Waals surface area contributed by atoms with Crippen molar-refractivity contribution in [2.45, 2.75) is 167 Å². The SMILES string of the molecule is CC/C=C\C/C=C\C/C=C\C/C=C\C/C=C\C/C=C\C/C=C\C/C=C\C/C=C\C/C=C\CCCCC(=O)OC(COC(=O)CCC/C=C\C/C=C\C/C=C\C/C=C\C/C=C\CC)COC(OCC[N+](C)(C)C)C(=O)O. The number of carbonyl (C=O) groups is 3. The van der Waals surface area contributed by atoms with E-state index in [0.717, 1.165) is 116 Å². The van der Waals surface area contributed by atoms with Crippen molar-refractivity contribution < 1.29 is 42.9 Å². The summed E-state index contributed by atoms with van der Waals surface area (Å²) in [4.78, 5) is 37.3. The van der Waals surface area contributed by atoms with Gasteiger partial charge in [0.25, 0.3) is 6.29 Å². The molecule has 0 amide bonds. The molecular weight excluding hydrogens is 935 g/mol. The second kappa shape index (κ2) is 54.6. The lowest BCUT2D eigenvalue weighted by molar-refractivity contribution is -0.870. The van der Waals surface area contributed by atoms with E-state index in [2.05, 4.69) is 196 Å². The molecule has 0 saturated carbocycles. The number of unbranched alkanes of at least 4 members (excludes halogenated alkanes) is 3. The van der Waals surface area contributed by atoms with Crippen LogP contribution in [0.2, 0.25) is 0 Å². The summed E-state index contributed by atoms with van der Waals surface area (Å²) >= 11 is 0. The Bertz CT molecular complexity index is 1870. The molecule has 0 bridgehead atoms. The van der Waals surface area contributed by atoms with Crippen LogP contribution in [0, 0.1) is 0 Å². The molecule has 0 aliphatic rings. The van der Waals surface area contributed by atoms with E-state index in [1.807, 2.05) is 21.1 Å². The highest BCUT2D eigenvalue weighted by molar-refractivity contribution is 5.71. The number of allylic oxidation sites excluding steroid dienone is 30. The Morgan fingerprint density at radius 3 is 1.05 bits per heavy atom. The molecule has 0 rings (SSSR count). The maximum atomic E-state index is 12.8. The highest BCUT2D eigenvalue weighted by atomic mass is 16.7. The largest absolute Gasteiger partial charge is 0.477 e. The Balaban J connectivity index is 4.46. The molecule has 2 unspecified atom stereocenters. The summed E-state index contributed by atoms with van der Waals surface area (Å²) in [6, 6.07) is 0. The normalized spacial score (nSPS) is 14.2. The zero-order chi connectivity index (χ0) is 54.8. The number of carbonyl (C=O) groups excluding carboxylic acids is 2. The molecule has 0 heterocycles. The Morgan fingerprint density at radius 1 is 0.400 bits per heavy atom. The minimum Gasteiger partial charge on any atom is -0.477 e. The molecule has 1 N–H and O–H groups in total. The zero-order valence-electron chi connectivity index (χ0n) is 47.1. The van der Waals surface area contributed by atoms with E-state index in [0.29, 0.717) is 23.9 Å². The first-order valence-corrected chi connectivity index (χ1v) is 27.9. The Kier molecular flexibility index (Phi) is 50.6. The van der Waals surface area contributed by atoms with E-state index in [1.165, 1.54) is 0 Å². The number of hydrogen-bond donors (Lipinski definition) is 1. The number of carboxylic acids is 1. The molecular formula is C66H100NO8+. The maximum Gasteiger partial charge on any atom is 0.361 e. The van der Waals surface area contributed by atoms with E-state index < -0.39 is 30.3 Å². The minimum atomic E-state index is -1.55. The summed E-state index contributed by atoms with van der Waals surface area (Å²) in [5.41, 5.74) is 0. The average Bonchev–Trinajstić information content (AvgIpc) is 3.38. The first kappa shape index (κ1) is 69.4. The van der Waals surface area contributed by atoms with Crippen molar-refractivity contribution >= 4 is 17.9 Å². The van der Waals surface area contributed by atoms with Crippen LogP contribution in [0.1, 0.15) is 155 Å². The number of nitrogens with zero attached hydrogens (tertiary/aromatic N) is 1. The maximum absolute atomic E-state index is 12.8. The minimum absolute atomic E-state index is 0.158. The van der Waals surface area contributed by atoms with Crippen LogP contribution in [0.3, 0.4) is 0 Å². The lowest BCUT2D eigenvalue weighted by atomic mass is 10.2. The van der Waals surface area contributed by atoms with Crippen LogP contribution in [-0.4, -0.2) is 87.4 Å². The van der Waals surface area contributed by atoms with E-state index in [4.69, 9.17) is 18.9 Å². The topological polar surface area (TPSA) is 108 Å². The predicted octanol–water partition coefficient (Wildman–Crippen LogP) is 16.6. The summed E-state index contributed by atoms with van der Waals surface area (Å²) in [5, 5.41) is 9.68. The molecule has 9 heteroatoms. The van der Waals surface area contributed by atoms with E-state index in [1.54, 1.807) is 0 Å². The number of esters is 2. The van der Waals surface area contributed by atoms with Gasteiger partial charge in [0, 0.05) is 12.8 Å². The quantitative estimate of drug-likeness (QED) is 0.0211. The van der Waals surface area contributed by atoms with Gasteiger partial charge in [-0.1, -0.05) is 196 Å². The monoisotopic (exact) mass is 1030 g/mol. The molecule has 0 fully saturated rings. The molecule has 9 nitrogen and oxygen atoms in total. The first-order chi connectivity index (χ1) is 36.6. The Labute approximate surface area is 456 Å². The molecule has 75 heavy (non-hydrogen) atoms. The van der Waals surface area contributed by atoms with Crippen LogP contribution in [0.15, 0.2) is 182 Å². The van der Waals surface area contributed by atoms with Crippen LogP contribution in [0.4, 0.5) is 0 Å². The van der Waals surface area contributed by atoms with Gasteiger partial charge < -0.3 is 28.5 Å². The number of aliphatic carboxylic acids is 1. The molecule has 2 atom stereocenters. The van der Waals surface area contributed by atoms with Crippen LogP contribution in [-0.2, 0) is 33.3 Å². The van der Waals surface area contributed by atoms with Crippen molar-refractivity contribution in [2.75, 3.05) is 47.5 Å². The van der Waals surface area contributed by atoms with Gasteiger partial charge >= 0.3 is 17.9 Å². The van der Waals surface area contributed by atoms with Gasteiger partial charge in [-0.05, 0) is 128 Å². The summed E-state index contributed by atoms with van der Waals surface area (Å²) in [6.07, 6.45) is 81.3. The fraction of sp³-hybridized carbons (Fsp3) is 0.500. The first-order valence-electron chi connectivity index (χ1n) is 27.9. The average molecular weight is 1040 g/mol. The predicted molar refractivity (Wildman–Crippen MR) is 317 cm³/mol. The third-order valence-electron chi connectivity index (χ3n) is 10.7. The molecule has 416 valence electrons. The molecule has 0 aliphatic heterocycles. The summed E-state index contributed by atoms with van der Waals surface area (Å²) in [6.45, 7) is 4.48.